The van der Waals surface area contributed by atoms with Crippen molar-refractivity contribution >= 4 is 41.0 Å². The molecule has 0 aliphatic carbocycles. The molecule has 1 unspecified atom stereocenters. The largest absolute Gasteiger partial charge is 0.479 e. The van der Waals surface area contributed by atoms with Gasteiger partial charge in [0.25, 0.3) is 11.8 Å². The van der Waals surface area contributed by atoms with Gasteiger partial charge < -0.3 is 9.47 Å². The minimum absolute atomic E-state index is 0.198. The smallest absolute Gasteiger partial charge is 0.330 e. The molecule has 0 aliphatic rings. The maximum absolute atomic E-state index is 11.8. The molecule has 0 saturated carbocycles. The molecule has 0 radical (unpaired) electrons. The maximum Gasteiger partial charge on any atom is 0.330 e. The van der Waals surface area contributed by atoms with Crippen molar-refractivity contribution in [2.75, 3.05) is 6.61 Å². The lowest BCUT2D eigenvalue weighted by molar-refractivity contribution is -0.137. The van der Waals surface area contributed by atoms with Crippen molar-refractivity contribution < 1.29 is 23.9 Å². The maximum atomic E-state index is 11.8. The van der Waals surface area contributed by atoms with Crippen molar-refractivity contribution in [2.24, 2.45) is 0 Å². The van der Waals surface area contributed by atoms with Gasteiger partial charge in [0.2, 0.25) is 0 Å². The normalized spacial score (nSPS) is 11.7. The lowest BCUT2D eigenvalue weighted by Gasteiger charge is -2.15. The number of hydrazine groups is 1. The van der Waals surface area contributed by atoms with Crippen LogP contribution in [0.2, 0.25) is 10.0 Å². The molecule has 1 aromatic carbocycles. The third kappa shape index (κ3) is 6.89. The van der Waals surface area contributed by atoms with Gasteiger partial charge in [0, 0.05) is 17.2 Å². The standard InChI is InChI=1S/C15H16Cl2N2O5/c1-3-23-14(21)7-6-13(20)18-19-15(22)9(2)24-12-5-4-10(16)8-11(12)17/h4-9H,3H2,1-2H3,(H,18,20)(H,19,22). The minimum atomic E-state index is -0.932. The highest BCUT2D eigenvalue weighted by Crippen LogP contribution is 2.28. The van der Waals surface area contributed by atoms with Crippen LogP contribution in [0.4, 0.5) is 0 Å². The van der Waals surface area contributed by atoms with Gasteiger partial charge in [-0.1, -0.05) is 23.2 Å². The summed E-state index contributed by atoms with van der Waals surface area (Å²) in [7, 11) is 0. The highest BCUT2D eigenvalue weighted by atomic mass is 35.5. The Hall–Kier alpha value is -2.25. The zero-order valence-electron chi connectivity index (χ0n) is 13.0. The number of nitrogens with one attached hydrogen (secondary N) is 2. The van der Waals surface area contributed by atoms with Gasteiger partial charge in [-0.3, -0.25) is 20.4 Å². The van der Waals surface area contributed by atoms with Gasteiger partial charge in [-0.25, -0.2) is 4.79 Å². The fraction of sp³-hybridized carbons (Fsp3) is 0.267. The number of hydrogen-bond acceptors (Lipinski definition) is 5. The summed E-state index contributed by atoms with van der Waals surface area (Å²) in [5, 5.41) is 0.689. The molecule has 0 heterocycles. The van der Waals surface area contributed by atoms with Gasteiger partial charge in [0.1, 0.15) is 5.75 Å². The minimum Gasteiger partial charge on any atom is -0.479 e. The molecule has 9 heteroatoms. The van der Waals surface area contributed by atoms with E-state index in [1.807, 2.05) is 0 Å². The molecule has 2 N–H and O–H groups in total. The summed E-state index contributed by atoms with van der Waals surface area (Å²) in [5.74, 6) is -1.70. The molecule has 0 aromatic heterocycles. The number of carbonyl (C=O) groups is 3. The average molecular weight is 375 g/mol. The summed E-state index contributed by atoms with van der Waals surface area (Å²) < 4.78 is 9.99. The first-order chi connectivity index (χ1) is 11.3. The second kappa shape index (κ2) is 9.79. The van der Waals surface area contributed by atoms with Crippen molar-refractivity contribution in [1.82, 2.24) is 10.9 Å². The van der Waals surface area contributed by atoms with Crippen LogP contribution in [-0.2, 0) is 19.1 Å². The van der Waals surface area contributed by atoms with Crippen LogP contribution < -0.4 is 15.6 Å². The molecule has 0 saturated heterocycles. The van der Waals surface area contributed by atoms with Gasteiger partial charge in [-0.05, 0) is 32.0 Å². The predicted molar refractivity (Wildman–Crippen MR) is 88.6 cm³/mol. The summed E-state index contributed by atoms with van der Waals surface area (Å²) in [6.45, 7) is 3.31. The lowest BCUT2D eigenvalue weighted by atomic mass is 10.3. The van der Waals surface area contributed by atoms with E-state index in [2.05, 4.69) is 15.6 Å². The first-order valence-electron chi connectivity index (χ1n) is 6.89. The third-order valence-corrected chi connectivity index (χ3v) is 3.06. The van der Waals surface area contributed by atoms with Crippen LogP contribution in [0, 0.1) is 0 Å². The number of carbonyl (C=O) groups excluding carboxylic acids is 3. The second-order valence-corrected chi connectivity index (χ2v) is 5.24. The predicted octanol–water partition coefficient (Wildman–Crippen LogP) is 2.03. The number of halogens is 2. The van der Waals surface area contributed by atoms with Crippen LogP contribution in [0.25, 0.3) is 0 Å². The van der Waals surface area contributed by atoms with E-state index in [0.717, 1.165) is 12.2 Å². The van der Waals surface area contributed by atoms with Crippen LogP contribution >= 0.6 is 23.2 Å². The van der Waals surface area contributed by atoms with Crippen LogP contribution in [0.1, 0.15) is 13.8 Å². The second-order valence-electron chi connectivity index (χ2n) is 4.40. The van der Waals surface area contributed by atoms with Gasteiger partial charge >= 0.3 is 5.97 Å². The number of amides is 2. The average Bonchev–Trinajstić information content (AvgIpc) is 2.53. The van der Waals surface area contributed by atoms with Crippen LogP contribution in [-0.4, -0.2) is 30.5 Å². The Balaban J connectivity index is 2.46. The third-order valence-electron chi connectivity index (χ3n) is 2.53. The Morgan fingerprint density at radius 1 is 1.21 bits per heavy atom. The van der Waals surface area contributed by atoms with Gasteiger partial charge in [0.15, 0.2) is 6.10 Å². The first kappa shape index (κ1) is 19.8. The van der Waals surface area contributed by atoms with E-state index in [4.69, 9.17) is 27.9 Å². The van der Waals surface area contributed by atoms with E-state index in [0.29, 0.717) is 5.02 Å². The highest BCUT2D eigenvalue weighted by molar-refractivity contribution is 6.35. The summed E-state index contributed by atoms with van der Waals surface area (Å²) >= 11 is 11.7. The van der Waals surface area contributed by atoms with Crippen molar-refractivity contribution in [3.63, 3.8) is 0 Å². The van der Waals surface area contributed by atoms with Crippen molar-refractivity contribution in [3.05, 3.63) is 40.4 Å². The van der Waals surface area contributed by atoms with Crippen LogP contribution in [0.15, 0.2) is 30.4 Å². The Morgan fingerprint density at radius 3 is 2.54 bits per heavy atom. The van der Waals surface area contributed by atoms with Crippen molar-refractivity contribution in [2.45, 2.75) is 20.0 Å². The Morgan fingerprint density at radius 2 is 1.92 bits per heavy atom. The molecule has 24 heavy (non-hydrogen) atoms. The van der Waals surface area contributed by atoms with E-state index in [9.17, 15) is 14.4 Å². The summed E-state index contributed by atoms with van der Waals surface area (Å²) in [6, 6.07) is 4.56. The molecule has 0 fully saturated rings. The molecule has 130 valence electrons. The SMILES string of the molecule is CCOC(=O)C=CC(=O)NNC(=O)C(C)Oc1ccc(Cl)cc1Cl. The van der Waals surface area contributed by atoms with E-state index < -0.39 is 23.9 Å². The Bertz CT molecular complexity index is 649. The molecule has 1 aromatic rings. The zero-order valence-corrected chi connectivity index (χ0v) is 14.5. The molecule has 7 nitrogen and oxygen atoms in total. The fourth-order valence-electron chi connectivity index (χ4n) is 1.42. The van der Waals surface area contributed by atoms with E-state index in [1.54, 1.807) is 13.0 Å². The molecule has 1 atom stereocenters. The highest BCUT2D eigenvalue weighted by Gasteiger charge is 2.16. The summed E-state index contributed by atoms with van der Waals surface area (Å²) in [5.41, 5.74) is 4.26. The first-order valence-corrected chi connectivity index (χ1v) is 7.65. The Kier molecular flexibility index (Phi) is 8.08. The topological polar surface area (TPSA) is 93.7 Å². The number of rotatable bonds is 6. The molecule has 2 amide bonds. The molecule has 0 spiro atoms. The van der Waals surface area contributed by atoms with Crippen molar-refractivity contribution in [3.8, 4) is 5.75 Å². The summed E-state index contributed by atoms with van der Waals surface area (Å²) in [6.07, 6.45) is 0.941. The Labute approximate surface area is 148 Å². The van der Waals surface area contributed by atoms with E-state index in [-0.39, 0.29) is 17.4 Å². The van der Waals surface area contributed by atoms with Crippen molar-refractivity contribution in [1.29, 1.82) is 0 Å². The number of esters is 1. The fourth-order valence-corrected chi connectivity index (χ4v) is 1.87. The molecule has 0 aliphatic heterocycles. The van der Waals surface area contributed by atoms with Crippen LogP contribution in [0.5, 0.6) is 5.75 Å². The number of ether oxygens (including phenoxy) is 2. The van der Waals surface area contributed by atoms with Gasteiger partial charge in [-0.2, -0.15) is 0 Å². The van der Waals surface area contributed by atoms with E-state index >= 15 is 0 Å². The molecular formula is C15H16Cl2N2O5. The number of benzene rings is 1. The lowest BCUT2D eigenvalue weighted by Crippen LogP contribution is -2.46. The zero-order chi connectivity index (χ0) is 18.1. The molecule has 0 bridgehead atoms. The monoisotopic (exact) mass is 374 g/mol. The van der Waals surface area contributed by atoms with Gasteiger partial charge in [0.05, 0.1) is 11.6 Å². The molecule has 1 rings (SSSR count). The van der Waals surface area contributed by atoms with E-state index in [1.165, 1.54) is 19.1 Å². The van der Waals surface area contributed by atoms with Crippen LogP contribution in [0.3, 0.4) is 0 Å². The number of hydrogen-bond donors (Lipinski definition) is 2. The van der Waals surface area contributed by atoms with Gasteiger partial charge in [-0.15, -0.1) is 0 Å². The summed E-state index contributed by atoms with van der Waals surface area (Å²) in [4.78, 5) is 34.3. The molecular weight excluding hydrogens is 359 g/mol. The quantitative estimate of drug-likeness (QED) is 0.451.